The molecule has 19 heavy (non-hydrogen) atoms. The normalized spacial score (nSPS) is 15.4. The van der Waals surface area contributed by atoms with Gasteiger partial charge in [0, 0.05) is 19.1 Å². The number of hydrogen-bond donors (Lipinski definition) is 0. The lowest BCUT2D eigenvalue weighted by Gasteiger charge is -2.37. The molecule has 3 rings (SSSR count). The molecule has 0 aliphatic heterocycles. The molecule has 0 radical (unpaired) electrons. The molecule has 0 heterocycles. The molecule has 98 valence electrons. The number of hydrogen-bond acceptors (Lipinski definition) is 1. The van der Waals surface area contributed by atoms with Crippen molar-refractivity contribution < 1.29 is 0 Å². The summed E-state index contributed by atoms with van der Waals surface area (Å²) < 4.78 is 0. The summed E-state index contributed by atoms with van der Waals surface area (Å²) in [5.74, 6) is 0. The fraction of sp³-hybridized carbons (Fsp3) is 0.333. The van der Waals surface area contributed by atoms with Crippen LogP contribution >= 0.6 is 0 Å². The van der Waals surface area contributed by atoms with Crippen molar-refractivity contribution in [1.29, 1.82) is 0 Å². The first-order valence-corrected chi connectivity index (χ1v) is 7.24. The Morgan fingerprint density at radius 3 is 1.58 bits per heavy atom. The van der Waals surface area contributed by atoms with E-state index < -0.39 is 0 Å². The minimum Gasteiger partial charge on any atom is -0.292 e. The van der Waals surface area contributed by atoms with Gasteiger partial charge in [-0.1, -0.05) is 67.1 Å². The molecule has 0 bridgehead atoms. The lowest BCUT2D eigenvalue weighted by Crippen LogP contribution is -2.39. The summed E-state index contributed by atoms with van der Waals surface area (Å²) in [4.78, 5) is 2.63. The predicted octanol–water partition coefficient (Wildman–Crippen LogP) is 4.24. The van der Waals surface area contributed by atoms with Crippen molar-refractivity contribution in [1.82, 2.24) is 4.90 Å². The minimum atomic E-state index is 0.778. The van der Waals surface area contributed by atoms with Crippen LogP contribution in [0.15, 0.2) is 60.7 Å². The maximum absolute atomic E-state index is 2.63. The first-order chi connectivity index (χ1) is 9.42. The van der Waals surface area contributed by atoms with Gasteiger partial charge in [0.2, 0.25) is 0 Å². The molecule has 0 spiro atoms. The van der Waals surface area contributed by atoms with Gasteiger partial charge in [0.05, 0.1) is 0 Å². The van der Waals surface area contributed by atoms with Crippen LogP contribution in [0.5, 0.6) is 0 Å². The van der Waals surface area contributed by atoms with E-state index in [1.807, 2.05) is 0 Å². The quantitative estimate of drug-likeness (QED) is 0.768. The third-order valence-corrected chi connectivity index (χ3v) is 4.05. The topological polar surface area (TPSA) is 3.24 Å². The fourth-order valence-corrected chi connectivity index (χ4v) is 2.70. The summed E-state index contributed by atoms with van der Waals surface area (Å²) in [5, 5.41) is 0. The second kappa shape index (κ2) is 6.03. The molecule has 0 N–H and O–H groups in total. The van der Waals surface area contributed by atoms with Crippen LogP contribution in [0.25, 0.3) is 0 Å². The minimum absolute atomic E-state index is 0.778. The number of benzene rings is 2. The lowest BCUT2D eigenvalue weighted by atomic mass is 9.90. The highest BCUT2D eigenvalue weighted by molar-refractivity contribution is 5.17. The van der Waals surface area contributed by atoms with E-state index >= 15 is 0 Å². The molecular weight excluding hydrogens is 230 g/mol. The fourth-order valence-electron chi connectivity index (χ4n) is 2.70. The van der Waals surface area contributed by atoms with E-state index in [-0.39, 0.29) is 0 Å². The molecular formula is C18H21N. The third kappa shape index (κ3) is 3.24. The summed E-state index contributed by atoms with van der Waals surface area (Å²) in [7, 11) is 0. The van der Waals surface area contributed by atoms with Gasteiger partial charge in [-0.05, 0) is 24.0 Å². The molecule has 0 saturated heterocycles. The molecule has 1 nitrogen and oxygen atoms in total. The van der Waals surface area contributed by atoms with E-state index in [0.717, 1.165) is 19.1 Å². The van der Waals surface area contributed by atoms with Crippen molar-refractivity contribution in [3.05, 3.63) is 71.8 Å². The van der Waals surface area contributed by atoms with Crippen LogP contribution in [-0.2, 0) is 13.1 Å². The van der Waals surface area contributed by atoms with Crippen molar-refractivity contribution in [2.75, 3.05) is 0 Å². The molecule has 1 fully saturated rings. The molecule has 1 aliphatic rings. The van der Waals surface area contributed by atoms with Crippen LogP contribution in [0.4, 0.5) is 0 Å². The number of nitrogens with zero attached hydrogens (tertiary/aromatic N) is 1. The molecule has 1 saturated carbocycles. The first-order valence-electron chi connectivity index (χ1n) is 7.24. The van der Waals surface area contributed by atoms with Crippen molar-refractivity contribution in [3.63, 3.8) is 0 Å². The first kappa shape index (κ1) is 12.4. The Morgan fingerprint density at radius 2 is 1.21 bits per heavy atom. The van der Waals surface area contributed by atoms with Gasteiger partial charge in [-0.25, -0.2) is 0 Å². The summed E-state index contributed by atoms with van der Waals surface area (Å²) in [6.45, 7) is 2.14. The molecule has 0 unspecified atom stereocenters. The van der Waals surface area contributed by atoms with Gasteiger partial charge in [0.25, 0.3) is 0 Å². The lowest BCUT2D eigenvalue weighted by molar-refractivity contribution is 0.111. The zero-order chi connectivity index (χ0) is 12.9. The van der Waals surface area contributed by atoms with Crippen molar-refractivity contribution in [2.24, 2.45) is 0 Å². The van der Waals surface area contributed by atoms with Gasteiger partial charge >= 0.3 is 0 Å². The smallest absolute Gasteiger partial charge is 0.0240 e. The van der Waals surface area contributed by atoms with Crippen LogP contribution in [-0.4, -0.2) is 10.9 Å². The Balaban J connectivity index is 1.71. The van der Waals surface area contributed by atoms with E-state index in [0.29, 0.717) is 0 Å². The zero-order valence-corrected chi connectivity index (χ0v) is 11.3. The largest absolute Gasteiger partial charge is 0.292 e. The Hall–Kier alpha value is -1.60. The van der Waals surface area contributed by atoms with Crippen LogP contribution in [0.3, 0.4) is 0 Å². The maximum Gasteiger partial charge on any atom is 0.0240 e. The second-order valence-electron chi connectivity index (χ2n) is 5.46. The van der Waals surface area contributed by atoms with Crippen LogP contribution in [0, 0.1) is 0 Å². The van der Waals surface area contributed by atoms with Crippen molar-refractivity contribution >= 4 is 0 Å². The Bertz CT molecular complexity index is 446. The Morgan fingerprint density at radius 1 is 0.737 bits per heavy atom. The maximum atomic E-state index is 2.63. The summed E-state index contributed by atoms with van der Waals surface area (Å²) >= 11 is 0. The molecule has 1 heteroatoms. The van der Waals surface area contributed by atoms with E-state index in [1.54, 1.807) is 0 Å². The van der Waals surface area contributed by atoms with Crippen molar-refractivity contribution in [2.45, 2.75) is 38.4 Å². The highest BCUT2D eigenvalue weighted by Crippen LogP contribution is 2.27. The molecule has 2 aromatic rings. The average molecular weight is 251 g/mol. The summed E-state index contributed by atoms with van der Waals surface area (Å²) in [6, 6.07) is 22.4. The van der Waals surface area contributed by atoms with E-state index in [9.17, 15) is 0 Å². The molecule has 0 amide bonds. The Labute approximate surface area is 115 Å². The highest BCUT2D eigenvalue weighted by Gasteiger charge is 2.24. The van der Waals surface area contributed by atoms with Gasteiger partial charge in [0.15, 0.2) is 0 Å². The Kier molecular flexibility index (Phi) is 3.95. The van der Waals surface area contributed by atoms with Crippen molar-refractivity contribution in [3.8, 4) is 0 Å². The van der Waals surface area contributed by atoms with Gasteiger partial charge in [0.1, 0.15) is 0 Å². The van der Waals surface area contributed by atoms with Crippen LogP contribution in [0.2, 0.25) is 0 Å². The highest BCUT2D eigenvalue weighted by atomic mass is 15.2. The van der Waals surface area contributed by atoms with Crippen LogP contribution < -0.4 is 0 Å². The summed E-state index contributed by atoms with van der Waals surface area (Å²) in [5.41, 5.74) is 2.84. The number of rotatable bonds is 5. The molecule has 2 aromatic carbocycles. The molecule has 0 atom stereocenters. The van der Waals surface area contributed by atoms with E-state index in [4.69, 9.17) is 0 Å². The zero-order valence-electron chi connectivity index (χ0n) is 11.3. The summed E-state index contributed by atoms with van der Waals surface area (Å²) in [6.07, 6.45) is 4.12. The molecule has 1 aliphatic carbocycles. The van der Waals surface area contributed by atoms with Crippen LogP contribution in [0.1, 0.15) is 30.4 Å². The monoisotopic (exact) mass is 251 g/mol. The van der Waals surface area contributed by atoms with Gasteiger partial charge in [-0.15, -0.1) is 0 Å². The standard InChI is InChI=1S/C18H21N/c1-3-8-16(9-4-1)14-19(18-12-7-13-18)15-17-10-5-2-6-11-17/h1-6,8-11,18H,7,12-15H2. The third-order valence-electron chi connectivity index (χ3n) is 4.05. The average Bonchev–Trinajstić information content (AvgIpc) is 2.39. The van der Waals surface area contributed by atoms with Gasteiger partial charge in [-0.2, -0.15) is 0 Å². The van der Waals surface area contributed by atoms with Gasteiger partial charge in [-0.3, -0.25) is 4.90 Å². The van der Waals surface area contributed by atoms with E-state index in [2.05, 4.69) is 65.6 Å². The predicted molar refractivity (Wildman–Crippen MR) is 79.8 cm³/mol. The van der Waals surface area contributed by atoms with E-state index in [1.165, 1.54) is 30.4 Å². The van der Waals surface area contributed by atoms with Gasteiger partial charge < -0.3 is 0 Å². The SMILES string of the molecule is c1ccc(CN(Cc2ccccc2)C2CCC2)cc1. The second-order valence-corrected chi connectivity index (χ2v) is 5.46. The molecule has 0 aromatic heterocycles.